The van der Waals surface area contributed by atoms with Gasteiger partial charge in [0.05, 0.1) is 16.7 Å². The molecule has 2 aromatic carbocycles. The lowest BCUT2D eigenvalue weighted by Crippen LogP contribution is -2.55. The van der Waals surface area contributed by atoms with Crippen LogP contribution in [0, 0.1) is 6.92 Å². The Kier molecular flexibility index (Phi) is 6.19. The second-order valence-electron chi connectivity index (χ2n) is 9.74. The third-order valence-electron chi connectivity index (χ3n) is 6.87. The molecule has 5 rings (SSSR count). The molecule has 2 amide bonds. The summed E-state index contributed by atoms with van der Waals surface area (Å²) in [7, 11) is 0. The Morgan fingerprint density at radius 3 is 2.49 bits per heavy atom. The molecule has 0 aliphatic carbocycles. The highest BCUT2D eigenvalue weighted by Gasteiger charge is 2.32. The molecule has 1 saturated heterocycles. The van der Waals surface area contributed by atoms with Crippen LogP contribution in [-0.2, 0) is 11.0 Å². The van der Waals surface area contributed by atoms with E-state index in [4.69, 9.17) is 0 Å². The number of amides is 2. The van der Waals surface area contributed by atoms with E-state index in [-0.39, 0.29) is 23.9 Å². The lowest BCUT2D eigenvalue weighted by atomic mass is 9.93. The number of hydrogen-bond donors (Lipinski definition) is 3. The Morgan fingerprint density at radius 2 is 1.78 bits per heavy atom. The van der Waals surface area contributed by atoms with Gasteiger partial charge in [-0.15, -0.1) is 0 Å². The van der Waals surface area contributed by atoms with Gasteiger partial charge in [0.1, 0.15) is 0 Å². The molecule has 192 valence electrons. The minimum absolute atomic E-state index is 0.0838. The molecular weight excluding hydrogens is 481 g/mol. The number of hydrogen-bond acceptors (Lipinski definition) is 3. The number of aromatic amines is 1. The maximum Gasteiger partial charge on any atom is 0.416 e. The Balaban J connectivity index is 1.53. The van der Waals surface area contributed by atoms with Gasteiger partial charge in [0, 0.05) is 48.3 Å². The van der Waals surface area contributed by atoms with Gasteiger partial charge >= 0.3 is 6.18 Å². The SMILES string of the molecule is Cc1c(C(=O)N2C[C@H](C)N[C@@H](C)C2)c[nH]c1C=C1C(=O)Nc2cccc(-c3cccc(C(F)(F)F)c3)c21. The third-order valence-corrected chi connectivity index (χ3v) is 6.87. The molecule has 0 spiro atoms. The van der Waals surface area contributed by atoms with Gasteiger partial charge in [-0.1, -0.05) is 24.3 Å². The molecule has 3 N–H and O–H groups in total. The highest BCUT2D eigenvalue weighted by Crippen LogP contribution is 2.42. The first-order valence-corrected chi connectivity index (χ1v) is 12.1. The molecule has 6 nitrogen and oxygen atoms in total. The fourth-order valence-corrected chi connectivity index (χ4v) is 5.18. The van der Waals surface area contributed by atoms with E-state index in [1.165, 1.54) is 6.07 Å². The first kappa shape index (κ1) is 24.8. The van der Waals surface area contributed by atoms with Gasteiger partial charge in [-0.25, -0.2) is 0 Å². The van der Waals surface area contributed by atoms with E-state index < -0.39 is 11.7 Å². The number of aromatic nitrogens is 1. The summed E-state index contributed by atoms with van der Waals surface area (Å²) in [6.45, 7) is 7.08. The normalized spacial score (nSPS) is 20.8. The van der Waals surface area contributed by atoms with Gasteiger partial charge in [0.15, 0.2) is 0 Å². The van der Waals surface area contributed by atoms with Crippen LogP contribution in [0.1, 0.15) is 46.6 Å². The van der Waals surface area contributed by atoms with Crippen LogP contribution in [0.2, 0.25) is 0 Å². The van der Waals surface area contributed by atoms with E-state index >= 15 is 0 Å². The van der Waals surface area contributed by atoms with Crippen molar-refractivity contribution in [3.05, 3.63) is 76.6 Å². The Bertz CT molecular complexity index is 1410. The number of anilines is 1. The molecule has 0 saturated carbocycles. The van der Waals surface area contributed by atoms with E-state index in [9.17, 15) is 22.8 Å². The number of carbonyl (C=O) groups is 2. The maximum atomic E-state index is 13.4. The first-order valence-electron chi connectivity index (χ1n) is 12.1. The Hall–Kier alpha value is -3.85. The molecule has 37 heavy (non-hydrogen) atoms. The lowest BCUT2D eigenvalue weighted by molar-refractivity contribution is -0.137. The molecule has 1 aromatic heterocycles. The number of H-pyrrole nitrogens is 1. The number of alkyl halides is 3. The molecule has 2 aliphatic rings. The van der Waals surface area contributed by atoms with Crippen LogP contribution in [0.4, 0.5) is 18.9 Å². The zero-order valence-corrected chi connectivity index (χ0v) is 20.7. The topological polar surface area (TPSA) is 77.2 Å². The molecule has 0 unspecified atom stereocenters. The Labute approximate surface area is 212 Å². The van der Waals surface area contributed by atoms with Crippen molar-refractivity contribution in [1.82, 2.24) is 15.2 Å². The highest BCUT2D eigenvalue weighted by atomic mass is 19.4. The standard InChI is InChI=1S/C28H27F3N4O2/c1-15-13-35(14-16(2)33-15)27(37)22-12-32-24(17(22)3)11-21-25-20(8-5-9-23(25)34-26(21)36)18-6-4-7-19(10-18)28(29,30)31/h4-12,15-16,32-33H,13-14H2,1-3H3,(H,34,36)/t15-,16-/m0/s1. The van der Waals surface area contributed by atoms with Crippen LogP contribution in [0.25, 0.3) is 22.8 Å². The molecular formula is C28H27F3N4O2. The summed E-state index contributed by atoms with van der Waals surface area (Å²) in [5.41, 5.74) is 3.30. The molecule has 3 heterocycles. The van der Waals surface area contributed by atoms with Crippen molar-refractivity contribution in [3.8, 4) is 11.1 Å². The van der Waals surface area contributed by atoms with Gasteiger partial charge in [-0.2, -0.15) is 13.2 Å². The number of nitrogens with zero attached hydrogens (tertiary/aromatic N) is 1. The average molecular weight is 509 g/mol. The van der Waals surface area contributed by atoms with Crippen LogP contribution in [-0.4, -0.2) is 46.9 Å². The van der Waals surface area contributed by atoms with Crippen molar-refractivity contribution >= 4 is 29.2 Å². The number of carbonyl (C=O) groups excluding carboxylic acids is 2. The minimum atomic E-state index is -4.48. The molecule has 0 radical (unpaired) electrons. The minimum Gasteiger partial charge on any atom is -0.361 e. The van der Waals surface area contributed by atoms with E-state index in [0.717, 1.165) is 12.1 Å². The molecule has 2 atom stereocenters. The predicted octanol–water partition coefficient (Wildman–Crippen LogP) is 5.32. The van der Waals surface area contributed by atoms with Crippen LogP contribution < -0.4 is 10.6 Å². The fourth-order valence-electron chi connectivity index (χ4n) is 5.18. The highest BCUT2D eigenvalue weighted by molar-refractivity contribution is 6.36. The second kappa shape index (κ2) is 9.23. The largest absolute Gasteiger partial charge is 0.416 e. The van der Waals surface area contributed by atoms with Gasteiger partial charge in [0.25, 0.3) is 11.8 Å². The van der Waals surface area contributed by atoms with Crippen LogP contribution in [0.15, 0.2) is 48.7 Å². The van der Waals surface area contributed by atoms with Gasteiger partial charge < -0.3 is 20.5 Å². The van der Waals surface area contributed by atoms with Gasteiger partial charge in [-0.3, -0.25) is 9.59 Å². The molecule has 0 bridgehead atoms. The number of benzene rings is 2. The zero-order valence-electron chi connectivity index (χ0n) is 20.7. The Morgan fingerprint density at radius 1 is 1.08 bits per heavy atom. The van der Waals surface area contributed by atoms with Crippen LogP contribution in [0.3, 0.4) is 0 Å². The molecule has 3 aromatic rings. The summed E-state index contributed by atoms with van der Waals surface area (Å²) in [5.74, 6) is -0.444. The quantitative estimate of drug-likeness (QED) is 0.419. The molecule has 2 aliphatic heterocycles. The van der Waals surface area contributed by atoms with Crippen LogP contribution in [0.5, 0.6) is 0 Å². The van der Waals surface area contributed by atoms with Gasteiger partial charge in [-0.05, 0) is 61.7 Å². The summed E-state index contributed by atoms with van der Waals surface area (Å²) in [6.07, 6.45) is -1.17. The molecule has 9 heteroatoms. The smallest absolute Gasteiger partial charge is 0.361 e. The average Bonchev–Trinajstić information content (AvgIpc) is 3.36. The van der Waals surface area contributed by atoms with E-state index in [0.29, 0.717) is 57.9 Å². The monoisotopic (exact) mass is 508 g/mol. The number of fused-ring (bicyclic) bond motifs is 1. The number of rotatable bonds is 3. The summed E-state index contributed by atoms with van der Waals surface area (Å²) < 4.78 is 40.1. The summed E-state index contributed by atoms with van der Waals surface area (Å²) in [5, 5.41) is 6.22. The van der Waals surface area contributed by atoms with E-state index in [1.807, 2.05) is 25.7 Å². The van der Waals surface area contributed by atoms with Crippen LogP contribution >= 0.6 is 0 Å². The second-order valence-corrected chi connectivity index (χ2v) is 9.74. The van der Waals surface area contributed by atoms with Crippen molar-refractivity contribution in [2.75, 3.05) is 18.4 Å². The van der Waals surface area contributed by atoms with Crippen molar-refractivity contribution in [2.24, 2.45) is 0 Å². The van der Waals surface area contributed by atoms with E-state index in [1.54, 1.807) is 36.5 Å². The van der Waals surface area contributed by atoms with Crippen molar-refractivity contribution in [2.45, 2.75) is 39.0 Å². The zero-order chi connectivity index (χ0) is 26.5. The summed E-state index contributed by atoms with van der Waals surface area (Å²) in [6, 6.07) is 10.5. The third kappa shape index (κ3) is 4.67. The number of halogens is 3. The van der Waals surface area contributed by atoms with E-state index in [2.05, 4.69) is 15.6 Å². The first-order chi connectivity index (χ1) is 17.5. The fraction of sp³-hybridized carbons (Fsp3) is 0.286. The molecule has 1 fully saturated rings. The van der Waals surface area contributed by atoms with Gasteiger partial charge in [0.2, 0.25) is 0 Å². The summed E-state index contributed by atoms with van der Waals surface area (Å²) in [4.78, 5) is 31.2. The summed E-state index contributed by atoms with van der Waals surface area (Å²) >= 11 is 0. The predicted molar refractivity (Wildman–Crippen MR) is 137 cm³/mol. The number of piperazine rings is 1. The number of nitrogens with one attached hydrogen (secondary N) is 3. The van der Waals surface area contributed by atoms with Crippen molar-refractivity contribution in [1.29, 1.82) is 0 Å². The maximum absolute atomic E-state index is 13.4. The van der Waals surface area contributed by atoms with Crippen molar-refractivity contribution in [3.63, 3.8) is 0 Å². The van der Waals surface area contributed by atoms with Crippen molar-refractivity contribution < 1.29 is 22.8 Å². The lowest BCUT2D eigenvalue weighted by Gasteiger charge is -2.36.